The van der Waals surface area contributed by atoms with Crippen molar-refractivity contribution in [1.82, 2.24) is 4.90 Å². The van der Waals surface area contributed by atoms with Crippen molar-refractivity contribution in [2.75, 3.05) is 6.54 Å². The molecule has 0 radical (unpaired) electrons. The Morgan fingerprint density at radius 2 is 1.92 bits per heavy atom. The summed E-state index contributed by atoms with van der Waals surface area (Å²) in [5, 5.41) is 1.87. The van der Waals surface area contributed by atoms with Crippen LogP contribution in [0.5, 0.6) is 0 Å². The van der Waals surface area contributed by atoms with E-state index in [1.807, 2.05) is 30.3 Å². The number of carbonyl (C=O) groups excluding carboxylic acids is 1. The number of amides is 1. The molecule has 1 aromatic heterocycles. The van der Waals surface area contributed by atoms with Crippen molar-refractivity contribution in [2.24, 2.45) is 4.40 Å². The number of hydrogen-bond donors (Lipinski definition) is 0. The van der Waals surface area contributed by atoms with Crippen LogP contribution < -0.4 is 0 Å². The molecule has 0 N–H and O–H groups in total. The van der Waals surface area contributed by atoms with Gasteiger partial charge in [-0.25, -0.2) is 0 Å². The molecule has 1 fully saturated rings. The summed E-state index contributed by atoms with van der Waals surface area (Å²) >= 11 is 2.19. The normalized spacial score (nSPS) is 18.7. The molecule has 1 amide bonds. The lowest BCUT2D eigenvalue weighted by molar-refractivity contribution is -0.122. The van der Waals surface area contributed by atoms with Crippen LogP contribution in [-0.4, -0.2) is 30.9 Å². The molecule has 0 saturated carbocycles. The standard InChI is InChI=1S/C16H14N2O3S3/c1-2-18-15(19)13(11-12-7-4-3-5-8-12)23-16(18)17-24(20,21)14-9-6-10-22-14/h3-11H,2H2,1H3/b13-11-,17-16?. The van der Waals surface area contributed by atoms with Crippen LogP contribution in [0.2, 0.25) is 0 Å². The van der Waals surface area contributed by atoms with Crippen molar-refractivity contribution in [2.45, 2.75) is 11.1 Å². The quantitative estimate of drug-likeness (QED) is 0.765. The summed E-state index contributed by atoms with van der Waals surface area (Å²) in [6.45, 7) is 2.15. The summed E-state index contributed by atoms with van der Waals surface area (Å²) in [6.07, 6.45) is 1.75. The van der Waals surface area contributed by atoms with Gasteiger partial charge in [0, 0.05) is 6.54 Å². The number of thiophene rings is 1. The lowest BCUT2D eigenvalue weighted by atomic mass is 10.2. The number of benzene rings is 1. The third-order valence-electron chi connectivity index (χ3n) is 3.25. The number of thioether (sulfide) groups is 1. The molecule has 0 bridgehead atoms. The first-order valence-corrected chi connectivity index (χ1v) is 10.3. The van der Waals surface area contributed by atoms with E-state index in [0.29, 0.717) is 11.4 Å². The number of likely N-dealkylation sites (N-methyl/N-ethyl adjacent to an activating group) is 1. The van der Waals surface area contributed by atoms with Crippen LogP contribution in [0.15, 0.2) is 61.4 Å². The van der Waals surface area contributed by atoms with E-state index in [1.54, 1.807) is 24.4 Å². The number of rotatable bonds is 4. The summed E-state index contributed by atoms with van der Waals surface area (Å²) < 4.78 is 28.7. The summed E-state index contributed by atoms with van der Waals surface area (Å²) in [5.74, 6) is -0.230. The smallest absolute Gasteiger partial charge is 0.286 e. The second kappa shape index (κ2) is 6.92. The highest BCUT2D eigenvalue weighted by atomic mass is 32.2. The fourth-order valence-electron chi connectivity index (χ4n) is 2.11. The molecule has 0 unspecified atom stereocenters. The Morgan fingerprint density at radius 1 is 1.17 bits per heavy atom. The third-order valence-corrected chi connectivity index (χ3v) is 7.01. The van der Waals surface area contributed by atoms with Gasteiger partial charge in [0.15, 0.2) is 5.17 Å². The van der Waals surface area contributed by atoms with E-state index in [9.17, 15) is 13.2 Å². The summed E-state index contributed by atoms with van der Waals surface area (Å²) in [5.41, 5.74) is 0.881. The molecule has 1 saturated heterocycles. The Kier molecular flexibility index (Phi) is 4.88. The zero-order chi connectivity index (χ0) is 17.2. The highest BCUT2D eigenvalue weighted by Gasteiger charge is 2.34. The molecule has 0 aliphatic carbocycles. The van der Waals surface area contributed by atoms with E-state index in [-0.39, 0.29) is 15.3 Å². The molecule has 0 spiro atoms. The van der Waals surface area contributed by atoms with Crippen molar-refractivity contribution < 1.29 is 13.2 Å². The van der Waals surface area contributed by atoms with Gasteiger partial charge in [-0.2, -0.15) is 8.42 Å². The second-order valence-corrected chi connectivity index (χ2v) is 8.64. The molecular formula is C16H14N2O3S3. The van der Waals surface area contributed by atoms with Crippen molar-refractivity contribution in [3.05, 3.63) is 58.3 Å². The van der Waals surface area contributed by atoms with Crippen molar-refractivity contribution in [3.63, 3.8) is 0 Å². The van der Waals surface area contributed by atoms with Crippen LogP contribution in [0.4, 0.5) is 0 Å². The molecule has 2 aromatic rings. The minimum Gasteiger partial charge on any atom is -0.286 e. The van der Waals surface area contributed by atoms with Gasteiger partial charge in [0.2, 0.25) is 0 Å². The van der Waals surface area contributed by atoms with Gasteiger partial charge >= 0.3 is 0 Å². The van der Waals surface area contributed by atoms with Crippen molar-refractivity contribution >= 4 is 50.3 Å². The first-order valence-electron chi connectivity index (χ1n) is 7.16. The van der Waals surface area contributed by atoms with Gasteiger partial charge in [0.05, 0.1) is 4.91 Å². The van der Waals surface area contributed by atoms with Gasteiger partial charge in [-0.1, -0.05) is 36.4 Å². The van der Waals surface area contributed by atoms with E-state index in [1.165, 1.54) is 11.0 Å². The van der Waals surface area contributed by atoms with Crippen molar-refractivity contribution in [1.29, 1.82) is 0 Å². The number of carbonyl (C=O) groups is 1. The minimum absolute atomic E-state index is 0.166. The lowest BCUT2D eigenvalue weighted by Crippen LogP contribution is -2.29. The average Bonchev–Trinajstić information content (AvgIpc) is 3.18. The van der Waals surface area contributed by atoms with Crippen molar-refractivity contribution in [3.8, 4) is 0 Å². The number of nitrogens with zero attached hydrogens (tertiary/aromatic N) is 2. The predicted octanol–water partition coefficient (Wildman–Crippen LogP) is 3.43. The Morgan fingerprint density at radius 3 is 2.54 bits per heavy atom. The molecule has 3 rings (SSSR count). The van der Waals surface area contributed by atoms with Crippen LogP contribution in [0.3, 0.4) is 0 Å². The SMILES string of the molecule is CCN1C(=O)/C(=C/c2ccccc2)SC1=NS(=O)(=O)c1cccs1. The maximum atomic E-state index is 12.5. The minimum atomic E-state index is -3.80. The first-order chi connectivity index (χ1) is 11.5. The van der Waals surface area contributed by atoms with E-state index < -0.39 is 10.0 Å². The average molecular weight is 379 g/mol. The highest BCUT2D eigenvalue weighted by Crippen LogP contribution is 2.33. The second-order valence-electron chi connectivity index (χ2n) is 4.85. The highest BCUT2D eigenvalue weighted by molar-refractivity contribution is 8.19. The first kappa shape index (κ1) is 16.9. The monoisotopic (exact) mass is 378 g/mol. The zero-order valence-corrected chi connectivity index (χ0v) is 15.2. The largest absolute Gasteiger partial charge is 0.294 e. The Bertz CT molecular complexity index is 901. The lowest BCUT2D eigenvalue weighted by Gasteiger charge is -2.11. The van der Waals surface area contributed by atoms with E-state index >= 15 is 0 Å². The molecule has 124 valence electrons. The zero-order valence-electron chi connectivity index (χ0n) is 12.7. The molecule has 8 heteroatoms. The number of amidine groups is 1. The topological polar surface area (TPSA) is 66.8 Å². The van der Waals surface area contributed by atoms with E-state index in [0.717, 1.165) is 28.7 Å². The molecule has 24 heavy (non-hydrogen) atoms. The summed E-state index contributed by atoms with van der Waals surface area (Å²) in [6, 6.07) is 12.6. The molecule has 1 aliphatic heterocycles. The van der Waals surface area contributed by atoms with Crippen LogP contribution in [0.1, 0.15) is 12.5 Å². The van der Waals surface area contributed by atoms with Gasteiger partial charge < -0.3 is 0 Å². The van der Waals surface area contributed by atoms with Gasteiger partial charge in [-0.05, 0) is 41.8 Å². The maximum Gasteiger partial charge on any atom is 0.294 e. The van der Waals surface area contributed by atoms with Crippen LogP contribution in [-0.2, 0) is 14.8 Å². The van der Waals surface area contributed by atoms with Crippen LogP contribution in [0, 0.1) is 0 Å². The Hall–Kier alpha value is -1.90. The van der Waals surface area contributed by atoms with E-state index in [4.69, 9.17) is 0 Å². The molecule has 0 atom stereocenters. The molecule has 1 aromatic carbocycles. The van der Waals surface area contributed by atoms with Gasteiger partial charge in [-0.15, -0.1) is 15.7 Å². The number of sulfonamides is 1. The van der Waals surface area contributed by atoms with Crippen LogP contribution in [0.25, 0.3) is 6.08 Å². The molecular weight excluding hydrogens is 364 g/mol. The van der Waals surface area contributed by atoms with Gasteiger partial charge in [0.1, 0.15) is 4.21 Å². The molecule has 5 nitrogen and oxygen atoms in total. The maximum absolute atomic E-state index is 12.5. The van der Waals surface area contributed by atoms with Gasteiger partial charge in [-0.3, -0.25) is 9.69 Å². The fraction of sp³-hybridized carbons (Fsp3) is 0.125. The third kappa shape index (κ3) is 3.45. The number of hydrogen-bond acceptors (Lipinski definition) is 5. The summed E-state index contributed by atoms with van der Waals surface area (Å²) in [4.78, 5) is 14.3. The van der Waals surface area contributed by atoms with E-state index in [2.05, 4.69) is 4.40 Å². The van der Waals surface area contributed by atoms with Crippen LogP contribution >= 0.6 is 23.1 Å². The summed E-state index contributed by atoms with van der Waals surface area (Å²) in [7, 11) is -3.80. The van der Waals surface area contributed by atoms with Gasteiger partial charge in [0.25, 0.3) is 15.9 Å². The molecule has 2 heterocycles. The molecule has 1 aliphatic rings. The Labute approximate surface area is 148 Å². The predicted molar refractivity (Wildman–Crippen MR) is 98.3 cm³/mol. The Balaban J connectivity index is 1.96. The fourth-order valence-corrected chi connectivity index (χ4v) is 5.33.